The maximum absolute atomic E-state index is 10.8. The Morgan fingerprint density at radius 1 is 0.760 bits per heavy atom. The largest absolute Gasteiger partial charge is 0.496 e. The van der Waals surface area contributed by atoms with E-state index in [1.165, 1.54) is 14.2 Å². The van der Waals surface area contributed by atoms with Crippen LogP contribution in [0, 0.1) is 0 Å². The van der Waals surface area contributed by atoms with Crippen LogP contribution in [0.3, 0.4) is 0 Å². The zero-order chi connectivity index (χ0) is 18.1. The van der Waals surface area contributed by atoms with Crippen LogP contribution in [0.5, 0.6) is 23.0 Å². The average molecular weight is 346 g/mol. The molecule has 0 heterocycles. The standard InChI is InChI=1S/C18H18O7/c1-21-17-7-15(5-3-13(17)9-19)24-11-23-12-25-16-6-4-14(10-20)18(8-16)22-2/h3-10H,11-12H2,1-2H3. The van der Waals surface area contributed by atoms with Crippen LogP contribution >= 0.6 is 0 Å². The van der Waals surface area contributed by atoms with Gasteiger partial charge in [-0.2, -0.15) is 0 Å². The predicted molar refractivity (Wildman–Crippen MR) is 88.8 cm³/mol. The summed E-state index contributed by atoms with van der Waals surface area (Å²) in [6, 6.07) is 9.66. The highest BCUT2D eigenvalue weighted by Crippen LogP contribution is 2.24. The second-order valence-electron chi connectivity index (χ2n) is 4.77. The van der Waals surface area contributed by atoms with Gasteiger partial charge >= 0.3 is 0 Å². The Kier molecular flexibility index (Phi) is 6.79. The van der Waals surface area contributed by atoms with Crippen molar-refractivity contribution < 1.29 is 33.3 Å². The van der Waals surface area contributed by atoms with Gasteiger partial charge in [-0.15, -0.1) is 0 Å². The summed E-state index contributed by atoms with van der Waals surface area (Å²) in [5.41, 5.74) is 0.874. The lowest BCUT2D eigenvalue weighted by Crippen LogP contribution is -2.09. The van der Waals surface area contributed by atoms with E-state index in [-0.39, 0.29) is 13.6 Å². The summed E-state index contributed by atoms with van der Waals surface area (Å²) in [4.78, 5) is 21.7. The van der Waals surface area contributed by atoms with Crippen molar-refractivity contribution in [3.05, 3.63) is 47.5 Å². The fourth-order valence-corrected chi connectivity index (χ4v) is 2.01. The van der Waals surface area contributed by atoms with E-state index in [0.29, 0.717) is 46.7 Å². The molecule has 0 N–H and O–H groups in total. The van der Waals surface area contributed by atoms with Crippen molar-refractivity contribution in [3.63, 3.8) is 0 Å². The van der Waals surface area contributed by atoms with Crippen molar-refractivity contribution in [3.8, 4) is 23.0 Å². The fraction of sp³-hybridized carbons (Fsp3) is 0.222. The van der Waals surface area contributed by atoms with Crippen molar-refractivity contribution in [2.75, 3.05) is 27.8 Å². The van der Waals surface area contributed by atoms with Crippen LogP contribution in [0.4, 0.5) is 0 Å². The minimum absolute atomic E-state index is 0.0485. The first-order valence-corrected chi connectivity index (χ1v) is 7.31. The molecule has 0 aromatic heterocycles. The molecule has 0 saturated carbocycles. The number of aldehydes is 2. The van der Waals surface area contributed by atoms with Crippen LogP contribution in [-0.4, -0.2) is 40.4 Å². The van der Waals surface area contributed by atoms with Gasteiger partial charge in [0.05, 0.1) is 25.3 Å². The van der Waals surface area contributed by atoms with Crippen LogP contribution in [-0.2, 0) is 4.74 Å². The maximum Gasteiger partial charge on any atom is 0.192 e. The minimum atomic E-state index is -0.0485. The van der Waals surface area contributed by atoms with Crippen molar-refractivity contribution in [2.24, 2.45) is 0 Å². The Balaban J connectivity index is 1.80. The quantitative estimate of drug-likeness (QED) is 0.372. The molecule has 0 amide bonds. The number of benzene rings is 2. The van der Waals surface area contributed by atoms with Crippen LogP contribution in [0.15, 0.2) is 36.4 Å². The van der Waals surface area contributed by atoms with E-state index in [4.69, 9.17) is 23.7 Å². The normalized spacial score (nSPS) is 10.0. The molecule has 25 heavy (non-hydrogen) atoms. The number of hydrogen-bond donors (Lipinski definition) is 0. The third-order valence-corrected chi connectivity index (χ3v) is 3.28. The van der Waals surface area contributed by atoms with Crippen LogP contribution in [0.25, 0.3) is 0 Å². The summed E-state index contributed by atoms with van der Waals surface area (Å²) in [6.07, 6.45) is 1.41. The molecular weight excluding hydrogens is 328 g/mol. The van der Waals surface area contributed by atoms with E-state index in [2.05, 4.69) is 0 Å². The molecule has 0 saturated heterocycles. The summed E-state index contributed by atoms with van der Waals surface area (Å²) >= 11 is 0. The van der Waals surface area contributed by atoms with E-state index < -0.39 is 0 Å². The maximum atomic E-state index is 10.8. The average Bonchev–Trinajstić information content (AvgIpc) is 2.67. The molecular formula is C18H18O7. The van der Waals surface area contributed by atoms with Gasteiger partial charge < -0.3 is 23.7 Å². The molecule has 0 atom stereocenters. The van der Waals surface area contributed by atoms with Gasteiger partial charge in [0.2, 0.25) is 0 Å². The zero-order valence-electron chi connectivity index (χ0n) is 13.9. The van der Waals surface area contributed by atoms with Gasteiger partial charge in [0.15, 0.2) is 26.2 Å². The van der Waals surface area contributed by atoms with Crippen molar-refractivity contribution >= 4 is 12.6 Å². The molecule has 7 heteroatoms. The molecule has 0 aliphatic rings. The van der Waals surface area contributed by atoms with Gasteiger partial charge in [-0.3, -0.25) is 9.59 Å². The topological polar surface area (TPSA) is 80.3 Å². The Bertz CT molecular complexity index is 666. The molecule has 0 aliphatic heterocycles. The van der Waals surface area contributed by atoms with Crippen LogP contribution < -0.4 is 18.9 Å². The molecule has 0 spiro atoms. The molecule has 0 fully saturated rings. The number of carbonyl (C=O) groups is 2. The third kappa shape index (κ3) is 4.95. The van der Waals surface area contributed by atoms with Gasteiger partial charge in [0, 0.05) is 12.1 Å². The lowest BCUT2D eigenvalue weighted by Gasteiger charge is -2.11. The second kappa shape index (κ2) is 9.29. The highest BCUT2D eigenvalue weighted by atomic mass is 16.7. The van der Waals surface area contributed by atoms with E-state index in [1.807, 2.05) is 0 Å². The van der Waals surface area contributed by atoms with E-state index >= 15 is 0 Å². The number of hydrogen-bond acceptors (Lipinski definition) is 7. The summed E-state index contributed by atoms with van der Waals surface area (Å²) in [5, 5.41) is 0. The third-order valence-electron chi connectivity index (χ3n) is 3.28. The van der Waals surface area contributed by atoms with Gasteiger partial charge in [-0.1, -0.05) is 0 Å². The van der Waals surface area contributed by atoms with Gasteiger partial charge in [0.1, 0.15) is 23.0 Å². The van der Waals surface area contributed by atoms with Gasteiger partial charge in [-0.25, -0.2) is 0 Å². The zero-order valence-corrected chi connectivity index (χ0v) is 13.9. The first-order chi connectivity index (χ1) is 12.2. The molecule has 2 rings (SSSR count). The van der Waals surface area contributed by atoms with E-state index in [9.17, 15) is 9.59 Å². The molecule has 7 nitrogen and oxygen atoms in total. The highest BCUT2D eigenvalue weighted by molar-refractivity contribution is 5.80. The van der Waals surface area contributed by atoms with Gasteiger partial charge in [0.25, 0.3) is 0 Å². The molecule has 132 valence electrons. The monoisotopic (exact) mass is 346 g/mol. The first kappa shape index (κ1) is 18.3. The summed E-state index contributed by atoms with van der Waals surface area (Å²) in [5.74, 6) is 1.84. The molecule has 0 unspecified atom stereocenters. The lowest BCUT2D eigenvalue weighted by molar-refractivity contribution is -0.0537. The lowest BCUT2D eigenvalue weighted by atomic mass is 10.2. The summed E-state index contributed by atoms with van der Waals surface area (Å²) < 4.78 is 26.2. The number of methoxy groups -OCH3 is 2. The number of rotatable bonds is 10. The van der Waals surface area contributed by atoms with E-state index in [1.54, 1.807) is 36.4 Å². The van der Waals surface area contributed by atoms with Crippen molar-refractivity contribution in [2.45, 2.75) is 0 Å². The fourth-order valence-electron chi connectivity index (χ4n) is 2.01. The SMILES string of the molecule is COc1cc(OCOCOc2ccc(C=O)c(OC)c2)ccc1C=O. The van der Waals surface area contributed by atoms with E-state index in [0.717, 1.165) is 0 Å². The Hall–Kier alpha value is -3.06. The molecule has 0 aliphatic carbocycles. The predicted octanol–water partition coefficient (Wildman–Crippen LogP) is 2.72. The summed E-state index contributed by atoms with van der Waals surface area (Å²) in [6.45, 7) is -0.0969. The Labute approximate surface area is 145 Å². The first-order valence-electron chi connectivity index (χ1n) is 7.31. The minimum Gasteiger partial charge on any atom is -0.496 e. The van der Waals surface area contributed by atoms with Crippen LogP contribution in [0.2, 0.25) is 0 Å². The van der Waals surface area contributed by atoms with Crippen molar-refractivity contribution in [1.29, 1.82) is 0 Å². The second-order valence-corrected chi connectivity index (χ2v) is 4.77. The smallest absolute Gasteiger partial charge is 0.192 e. The Morgan fingerprint density at radius 3 is 1.56 bits per heavy atom. The highest BCUT2D eigenvalue weighted by Gasteiger charge is 2.05. The molecule has 0 radical (unpaired) electrons. The number of carbonyl (C=O) groups excluding carboxylic acids is 2. The van der Waals surface area contributed by atoms with Crippen LogP contribution in [0.1, 0.15) is 20.7 Å². The van der Waals surface area contributed by atoms with Crippen molar-refractivity contribution in [1.82, 2.24) is 0 Å². The molecule has 0 bridgehead atoms. The number of ether oxygens (including phenoxy) is 5. The molecule has 2 aromatic carbocycles. The Morgan fingerprint density at radius 2 is 1.20 bits per heavy atom. The van der Waals surface area contributed by atoms with Gasteiger partial charge in [-0.05, 0) is 24.3 Å². The molecule has 2 aromatic rings. The summed E-state index contributed by atoms with van der Waals surface area (Å²) in [7, 11) is 2.95.